The maximum absolute atomic E-state index is 11.6. The summed E-state index contributed by atoms with van der Waals surface area (Å²) >= 11 is 1.73. The van der Waals surface area contributed by atoms with Crippen molar-refractivity contribution in [2.24, 2.45) is 4.99 Å². The van der Waals surface area contributed by atoms with Gasteiger partial charge in [-0.05, 0) is 27.2 Å². The average molecular weight is 503 g/mol. The molecule has 0 fully saturated rings. The van der Waals surface area contributed by atoms with E-state index in [-0.39, 0.29) is 29.7 Å². The summed E-state index contributed by atoms with van der Waals surface area (Å²) in [6.07, 6.45) is 1.58. The zero-order valence-electron chi connectivity index (χ0n) is 15.6. The minimum absolute atomic E-state index is 0. The molecule has 1 heterocycles. The molecule has 0 saturated heterocycles. The van der Waals surface area contributed by atoms with E-state index in [0.29, 0.717) is 13.1 Å². The Balaban J connectivity index is 0.00000576. The Kier molecular flexibility index (Phi) is 11.8. The Morgan fingerprint density at radius 1 is 1.28 bits per heavy atom. The van der Waals surface area contributed by atoms with Gasteiger partial charge in [-0.15, -0.1) is 35.3 Å². The van der Waals surface area contributed by atoms with Gasteiger partial charge in [0.15, 0.2) is 5.96 Å². The molecule has 0 unspecified atom stereocenters. The quantitative estimate of drug-likeness (QED) is 0.232. The lowest BCUT2D eigenvalue weighted by molar-refractivity contribution is 0.461. The van der Waals surface area contributed by atoms with Crippen LogP contribution in [0.2, 0.25) is 0 Å². The number of aryl methyl sites for hydroxylation is 2. The van der Waals surface area contributed by atoms with Crippen LogP contribution in [0.4, 0.5) is 0 Å². The smallest absolute Gasteiger partial charge is 0.213 e. The van der Waals surface area contributed by atoms with Crippen molar-refractivity contribution in [3.8, 4) is 0 Å². The first kappa shape index (κ1) is 24.5. The maximum atomic E-state index is 11.6. The lowest BCUT2D eigenvalue weighted by Crippen LogP contribution is -2.39. The van der Waals surface area contributed by atoms with Gasteiger partial charge in [-0.25, -0.2) is 17.7 Å². The molecule has 0 aliphatic heterocycles. The summed E-state index contributed by atoms with van der Waals surface area (Å²) in [4.78, 5) is 9.95. The number of guanidine groups is 1. The molecule has 10 heteroatoms. The second kappa shape index (κ2) is 12.0. The summed E-state index contributed by atoms with van der Waals surface area (Å²) in [6.45, 7) is 7.69. The number of halogens is 1. The highest BCUT2D eigenvalue weighted by atomic mass is 127. The van der Waals surface area contributed by atoms with E-state index in [2.05, 4.69) is 27.5 Å². The van der Waals surface area contributed by atoms with Crippen LogP contribution in [-0.2, 0) is 16.4 Å². The van der Waals surface area contributed by atoms with Gasteiger partial charge >= 0.3 is 0 Å². The van der Waals surface area contributed by atoms with E-state index in [1.165, 1.54) is 9.18 Å². The maximum Gasteiger partial charge on any atom is 0.213 e. The van der Waals surface area contributed by atoms with E-state index in [9.17, 15) is 8.42 Å². The van der Waals surface area contributed by atoms with Crippen LogP contribution in [0.1, 0.15) is 28.9 Å². The molecule has 25 heavy (non-hydrogen) atoms. The highest BCUT2D eigenvalue weighted by molar-refractivity contribution is 14.0. The van der Waals surface area contributed by atoms with Crippen molar-refractivity contribution >= 4 is 51.3 Å². The third-order valence-electron chi connectivity index (χ3n) is 3.71. The molecule has 0 aromatic carbocycles. The van der Waals surface area contributed by atoms with Crippen molar-refractivity contribution in [2.45, 2.75) is 33.6 Å². The third-order valence-corrected chi connectivity index (χ3v) is 6.70. The molecular formula is C15H30IN5O2S2. The van der Waals surface area contributed by atoms with Gasteiger partial charge in [-0.1, -0.05) is 0 Å². The normalized spacial score (nSPS) is 12.2. The fourth-order valence-electron chi connectivity index (χ4n) is 2.02. The standard InChI is InChI=1S/C15H29N5O2S2.HI/c1-6-24(21,22)20(5)11-7-9-17-15(16-4)18-10-8-14-19-12(2)13(3)23-14;/h6-11H2,1-5H3,(H2,16,17,18);1H. The van der Waals surface area contributed by atoms with Crippen molar-refractivity contribution < 1.29 is 8.42 Å². The average Bonchev–Trinajstić information content (AvgIpc) is 2.87. The van der Waals surface area contributed by atoms with E-state index < -0.39 is 10.0 Å². The summed E-state index contributed by atoms with van der Waals surface area (Å²) < 4.78 is 24.7. The van der Waals surface area contributed by atoms with Crippen LogP contribution in [0.5, 0.6) is 0 Å². The van der Waals surface area contributed by atoms with E-state index in [0.717, 1.165) is 36.0 Å². The van der Waals surface area contributed by atoms with Crippen molar-refractivity contribution in [1.29, 1.82) is 0 Å². The zero-order chi connectivity index (χ0) is 18.2. The summed E-state index contributed by atoms with van der Waals surface area (Å²) in [6, 6.07) is 0. The molecule has 0 aliphatic carbocycles. The molecule has 1 aromatic rings. The van der Waals surface area contributed by atoms with Gasteiger partial charge in [0.2, 0.25) is 10.0 Å². The van der Waals surface area contributed by atoms with E-state index in [1.54, 1.807) is 32.4 Å². The largest absolute Gasteiger partial charge is 0.356 e. The van der Waals surface area contributed by atoms with Crippen LogP contribution in [0.25, 0.3) is 0 Å². The molecule has 0 radical (unpaired) electrons. The number of sulfonamides is 1. The van der Waals surface area contributed by atoms with Gasteiger partial charge < -0.3 is 10.6 Å². The molecule has 0 bridgehead atoms. The Bertz CT molecular complexity index is 627. The molecule has 146 valence electrons. The van der Waals surface area contributed by atoms with Gasteiger partial charge in [0, 0.05) is 45.0 Å². The highest BCUT2D eigenvalue weighted by Gasteiger charge is 2.13. The Labute approximate surface area is 172 Å². The van der Waals surface area contributed by atoms with Crippen molar-refractivity contribution in [2.75, 3.05) is 39.5 Å². The molecule has 1 rings (SSSR count). The molecule has 0 saturated carbocycles. The fraction of sp³-hybridized carbons (Fsp3) is 0.733. The Hall–Kier alpha value is -0.460. The molecule has 0 atom stereocenters. The molecule has 7 nitrogen and oxygen atoms in total. The van der Waals surface area contributed by atoms with Crippen LogP contribution in [-0.4, -0.2) is 63.1 Å². The molecule has 2 N–H and O–H groups in total. The van der Waals surface area contributed by atoms with Crippen molar-refractivity contribution in [1.82, 2.24) is 19.9 Å². The van der Waals surface area contributed by atoms with Gasteiger partial charge in [0.05, 0.1) is 16.5 Å². The second-order valence-corrected chi connectivity index (χ2v) is 9.15. The van der Waals surface area contributed by atoms with Crippen LogP contribution >= 0.6 is 35.3 Å². The monoisotopic (exact) mass is 503 g/mol. The number of aromatic nitrogens is 1. The fourth-order valence-corrected chi connectivity index (χ4v) is 3.80. The topological polar surface area (TPSA) is 86.7 Å². The zero-order valence-corrected chi connectivity index (χ0v) is 19.6. The number of nitrogens with one attached hydrogen (secondary N) is 2. The molecule has 0 amide bonds. The first-order chi connectivity index (χ1) is 11.3. The number of rotatable bonds is 9. The first-order valence-electron chi connectivity index (χ1n) is 8.11. The minimum atomic E-state index is -3.10. The second-order valence-electron chi connectivity index (χ2n) is 5.50. The van der Waals surface area contributed by atoms with Crippen LogP contribution in [0, 0.1) is 13.8 Å². The van der Waals surface area contributed by atoms with E-state index in [1.807, 2.05) is 6.92 Å². The molecular weight excluding hydrogens is 473 g/mol. The summed E-state index contributed by atoms with van der Waals surface area (Å²) in [7, 11) is 0.241. The summed E-state index contributed by atoms with van der Waals surface area (Å²) in [5.74, 6) is 0.858. The molecule has 0 spiro atoms. The lowest BCUT2D eigenvalue weighted by Gasteiger charge is -2.16. The Morgan fingerprint density at radius 3 is 2.44 bits per heavy atom. The molecule has 1 aromatic heterocycles. The van der Waals surface area contributed by atoms with Crippen LogP contribution in [0.15, 0.2) is 4.99 Å². The van der Waals surface area contributed by atoms with Crippen molar-refractivity contribution in [3.05, 3.63) is 15.6 Å². The van der Waals surface area contributed by atoms with E-state index in [4.69, 9.17) is 0 Å². The SMILES string of the molecule is CCS(=O)(=O)N(C)CCCNC(=NC)NCCc1nc(C)c(C)s1.I. The number of hydrogen-bond donors (Lipinski definition) is 2. The van der Waals surface area contributed by atoms with Gasteiger partial charge in [-0.3, -0.25) is 4.99 Å². The predicted octanol–water partition coefficient (Wildman–Crippen LogP) is 1.76. The predicted molar refractivity (Wildman–Crippen MR) is 117 cm³/mol. The third kappa shape index (κ3) is 8.65. The van der Waals surface area contributed by atoms with Gasteiger partial charge in [0.1, 0.15) is 0 Å². The summed E-state index contributed by atoms with van der Waals surface area (Å²) in [5, 5.41) is 7.57. The first-order valence-corrected chi connectivity index (χ1v) is 10.5. The number of thiazole rings is 1. The van der Waals surface area contributed by atoms with E-state index >= 15 is 0 Å². The number of hydrogen-bond acceptors (Lipinski definition) is 5. The van der Waals surface area contributed by atoms with Gasteiger partial charge in [0.25, 0.3) is 0 Å². The molecule has 0 aliphatic rings. The number of aliphatic imine (C=N–C) groups is 1. The van der Waals surface area contributed by atoms with Crippen LogP contribution < -0.4 is 10.6 Å². The van der Waals surface area contributed by atoms with Crippen LogP contribution in [0.3, 0.4) is 0 Å². The minimum Gasteiger partial charge on any atom is -0.356 e. The number of nitrogens with zero attached hydrogens (tertiary/aromatic N) is 3. The highest BCUT2D eigenvalue weighted by Crippen LogP contribution is 2.16. The Morgan fingerprint density at radius 2 is 1.92 bits per heavy atom. The lowest BCUT2D eigenvalue weighted by atomic mass is 10.4. The van der Waals surface area contributed by atoms with Crippen molar-refractivity contribution in [3.63, 3.8) is 0 Å². The summed E-state index contributed by atoms with van der Waals surface area (Å²) in [5.41, 5.74) is 1.10. The van der Waals surface area contributed by atoms with Gasteiger partial charge in [-0.2, -0.15) is 0 Å².